The Morgan fingerprint density at radius 2 is 1.84 bits per heavy atom. The fourth-order valence-corrected chi connectivity index (χ4v) is 3.09. The van der Waals surface area contributed by atoms with Crippen molar-refractivity contribution in [2.45, 2.75) is 43.4 Å². The lowest BCUT2D eigenvalue weighted by Crippen LogP contribution is -2.37. The van der Waals surface area contributed by atoms with Gasteiger partial charge in [-0.15, -0.1) is 0 Å². The van der Waals surface area contributed by atoms with E-state index in [2.05, 4.69) is 20.8 Å². The lowest BCUT2D eigenvalue weighted by Gasteiger charge is -2.22. The van der Waals surface area contributed by atoms with Gasteiger partial charge < -0.3 is 0 Å². The molecule has 2 rings (SSSR count). The Kier molecular flexibility index (Phi) is 5.92. The van der Waals surface area contributed by atoms with Gasteiger partial charge in [0.05, 0.1) is 11.9 Å². The number of alkyl halides is 4. The van der Waals surface area contributed by atoms with Gasteiger partial charge >= 0.3 is 11.8 Å². The van der Waals surface area contributed by atoms with E-state index < -0.39 is 18.3 Å². The summed E-state index contributed by atoms with van der Waals surface area (Å²) in [4.78, 5) is 13.5. The smallest absolute Gasteiger partial charge is 0.257 e. The van der Waals surface area contributed by atoms with Gasteiger partial charge in [-0.2, -0.15) is 19.3 Å². The van der Waals surface area contributed by atoms with Gasteiger partial charge in [0.15, 0.2) is 0 Å². The Hall–Kier alpha value is -1.83. The first kappa shape index (κ1) is 19.5. The first-order valence-corrected chi connectivity index (χ1v) is 9.24. The number of aryl methyl sites for hydroxylation is 1. The van der Waals surface area contributed by atoms with Gasteiger partial charge in [-0.25, -0.2) is 8.78 Å². The molecule has 0 aromatic carbocycles. The largest absolute Gasteiger partial charge is 0.310 e. The van der Waals surface area contributed by atoms with Gasteiger partial charge in [0, 0.05) is 30.6 Å². The van der Waals surface area contributed by atoms with Crippen LogP contribution in [0.25, 0.3) is 11.4 Å². The number of hydrogen-bond acceptors (Lipinski definition) is 3. The maximum Gasteiger partial charge on any atom is 0.310 e. The summed E-state index contributed by atoms with van der Waals surface area (Å²) < 4.78 is 52.3. The van der Waals surface area contributed by atoms with Gasteiger partial charge in [0.2, 0.25) is 0 Å². The molecular weight excluding hydrogens is 354 g/mol. The highest BCUT2D eigenvalue weighted by Crippen LogP contribution is 2.37. The van der Waals surface area contributed by atoms with Crippen LogP contribution in [0.2, 0.25) is 0 Å². The minimum Gasteiger partial charge on any atom is -0.257 e. The Bertz CT molecular complexity index is 742. The standard InChI is InChI=1S/C17H19F4N3S/c1-4-25(3)14-6-5-9-22-15(14)13-11-23-12(10-24-13)7-8-17(20,21)16(2,18)19/h5-6,9-11H,3-4,7-8H2,1-2H3. The highest BCUT2D eigenvalue weighted by Gasteiger charge is 2.51. The van der Waals surface area contributed by atoms with Crippen molar-refractivity contribution < 1.29 is 17.6 Å². The lowest BCUT2D eigenvalue weighted by molar-refractivity contribution is -0.200. The van der Waals surface area contributed by atoms with Crippen molar-refractivity contribution in [1.29, 1.82) is 0 Å². The average Bonchev–Trinajstić information content (AvgIpc) is 2.59. The van der Waals surface area contributed by atoms with Crippen LogP contribution in [-0.4, -0.2) is 38.4 Å². The fourth-order valence-electron chi connectivity index (χ4n) is 2.08. The van der Waals surface area contributed by atoms with Crippen LogP contribution in [0, 0.1) is 0 Å². The molecule has 1 atom stereocenters. The first-order chi connectivity index (χ1) is 11.7. The molecule has 2 heterocycles. The third-order valence-electron chi connectivity index (χ3n) is 3.72. The normalized spacial score (nSPS) is 13.7. The van der Waals surface area contributed by atoms with Gasteiger partial charge in [-0.1, -0.05) is 12.8 Å². The lowest BCUT2D eigenvalue weighted by atomic mass is 10.1. The Morgan fingerprint density at radius 3 is 2.40 bits per heavy atom. The Balaban J connectivity index is 2.18. The molecule has 0 fully saturated rings. The summed E-state index contributed by atoms with van der Waals surface area (Å²) in [7, 11) is -0.246. The third kappa shape index (κ3) is 4.62. The molecule has 8 heteroatoms. The molecule has 0 N–H and O–H groups in total. The van der Waals surface area contributed by atoms with Crippen molar-refractivity contribution in [3.05, 3.63) is 36.4 Å². The van der Waals surface area contributed by atoms with E-state index in [0.29, 0.717) is 11.4 Å². The second-order valence-electron chi connectivity index (χ2n) is 5.62. The van der Waals surface area contributed by atoms with Gasteiger partial charge in [-0.3, -0.25) is 15.0 Å². The molecule has 0 bridgehead atoms. The molecule has 1 unspecified atom stereocenters. The predicted molar refractivity (Wildman–Crippen MR) is 92.7 cm³/mol. The highest BCUT2D eigenvalue weighted by molar-refractivity contribution is 8.14. The molecule has 0 radical (unpaired) electrons. The van der Waals surface area contributed by atoms with E-state index >= 15 is 0 Å². The van der Waals surface area contributed by atoms with Crippen LogP contribution in [0.3, 0.4) is 0 Å². The zero-order valence-electron chi connectivity index (χ0n) is 14.0. The molecule has 2 aromatic heterocycles. The van der Waals surface area contributed by atoms with E-state index in [1.807, 2.05) is 19.1 Å². The van der Waals surface area contributed by atoms with Crippen LogP contribution in [-0.2, 0) is 6.42 Å². The average molecular weight is 373 g/mol. The van der Waals surface area contributed by atoms with Gasteiger partial charge in [0.1, 0.15) is 11.4 Å². The number of halogens is 4. The van der Waals surface area contributed by atoms with Crippen molar-refractivity contribution >= 4 is 16.4 Å². The molecule has 0 amide bonds. The molecule has 3 nitrogen and oxygen atoms in total. The van der Waals surface area contributed by atoms with Gasteiger partial charge in [0.25, 0.3) is 0 Å². The second kappa shape index (κ2) is 7.59. The van der Waals surface area contributed by atoms with Crippen LogP contribution >= 0.6 is 10.5 Å². The second-order valence-corrected chi connectivity index (χ2v) is 7.62. The number of pyridine rings is 1. The molecule has 0 aliphatic rings. The molecule has 0 spiro atoms. The summed E-state index contributed by atoms with van der Waals surface area (Å²) in [6.07, 6.45) is 3.11. The summed E-state index contributed by atoms with van der Waals surface area (Å²) in [5.74, 6) is -3.19. The van der Waals surface area contributed by atoms with E-state index in [0.717, 1.165) is 10.6 Å². The SMILES string of the molecule is C=S(CC)c1cccnc1-c1cnc(CCC(F)(F)C(C)(F)F)cn1. The highest BCUT2D eigenvalue weighted by atomic mass is 32.2. The van der Waals surface area contributed by atoms with Crippen LogP contribution in [0.1, 0.15) is 26.0 Å². The summed E-state index contributed by atoms with van der Waals surface area (Å²) >= 11 is 0. The molecule has 0 saturated carbocycles. The van der Waals surface area contributed by atoms with Crippen LogP contribution < -0.4 is 0 Å². The van der Waals surface area contributed by atoms with Crippen molar-refractivity contribution in [3.8, 4) is 11.4 Å². The number of aromatic nitrogens is 3. The zero-order valence-corrected chi connectivity index (χ0v) is 14.8. The molecule has 0 aliphatic heterocycles. The van der Waals surface area contributed by atoms with E-state index in [-0.39, 0.29) is 29.5 Å². The number of nitrogens with zero attached hydrogens (tertiary/aromatic N) is 3. The molecule has 0 aliphatic carbocycles. The van der Waals surface area contributed by atoms with E-state index in [9.17, 15) is 17.6 Å². The van der Waals surface area contributed by atoms with Crippen LogP contribution in [0.4, 0.5) is 17.6 Å². The van der Waals surface area contributed by atoms with E-state index in [4.69, 9.17) is 0 Å². The van der Waals surface area contributed by atoms with Gasteiger partial charge in [-0.05, 0) is 24.3 Å². The molecule has 136 valence electrons. The van der Waals surface area contributed by atoms with Crippen LogP contribution in [0.15, 0.2) is 35.6 Å². The minimum absolute atomic E-state index is 0.216. The molecule has 25 heavy (non-hydrogen) atoms. The quantitative estimate of drug-likeness (QED) is 0.515. The van der Waals surface area contributed by atoms with Crippen molar-refractivity contribution in [1.82, 2.24) is 15.0 Å². The summed E-state index contributed by atoms with van der Waals surface area (Å²) in [6, 6.07) is 3.73. The minimum atomic E-state index is -4.08. The zero-order chi connectivity index (χ0) is 18.7. The third-order valence-corrected chi connectivity index (χ3v) is 5.36. The van der Waals surface area contributed by atoms with Crippen molar-refractivity contribution in [3.63, 3.8) is 0 Å². The topological polar surface area (TPSA) is 38.7 Å². The summed E-state index contributed by atoms with van der Waals surface area (Å²) in [6.45, 7) is 2.24. The van der Waals surface area contributed by atoms with E-state index in [1.54, 1.807) is 6.20 Å². The van der Waals surface area contributed by atoms with E-state index in [1.165, 1.54) is 12.4 Å². The predicted octanol–water partition coefficient (Wildman–Crippen LogP) is 4.84. The van der Waals surface area contributed by atoms with Crippen LogP contribution in [0.5, 0.6) is 0 Å². The summed E-state index contributed by atoms with van der Waals surface area (Å²) in [5.41, 5.74) is 1.38. The maximum atomic E-state index is 13.3. The molecule has 0 saturated heterocycles. The fraction of sp³-hybridized carbons (Fsp3) is 0.412. The monoisotopic (exact) mass is 373 g/mol. The molecule has 2 aromatic rings. The number of rotatable bonds is 7. The number of hydrogen-bond donors (Lipinski definition) is 0. The van der Waals surface area contributed by atoms with Crippen molar-refractivity contribution in [2.75, 3.05) is 5.75 Å². The van der Waals surface area contributed by atoms with Crippen molar-refractivity contribution in [2.24, 2.45) is 0 Å². The molecular formula is C17H19F4N3S. The summed E-state index contributed by atoms with van der Waals surface area (Å²) in [5, 5.41) is 0. The Morgan fingerprint density at radius 1 is 1.12 bits per heavy atom. The Labute approximate surface area is 146 Å². The maximum absolute atomic E-state index is 13.3. The first-order valence-electron chi connectivity index (χ1n) is 7.68.